The molecule has 100 valence electrons. The first-order chi connectivity index (χ1) is 8.63. The van der Waals surface area contributed by atoms with E-state index in [1.165, 1.54) is 6.08 Å². The lowest BCUT2D eigenvalue weighted by Crippen LogP contribution is -2.00. The zero-order valence-electron chi connectivity index (χ0n) is 9.54. The molecule has 0 fully saturated rings. The number of halogens is 3. The van der Waals surface area contributed by atoms with Crippen LogP contribution in [0.15, 0.2) is 28.8 Å². The second kappa shape index (κ2) is 8.48. The van der Waals surface area contributed by atoms with Crippen molar-refractivity contribution in [1.29, 1.82) is 0 Å². The highest BCUT2D eigenvalue weighted by molar-refractivity contribution is 6.55. The van der Waals surface area contributed by atoms with E-state index in [1.807, 2.05) is 0 Å². The van der Waals surface area contributed by atoms with Crippen molar-refractivity contribution < 1.29 is 14.6 Å². The molecule has 6 heteroatoms. The highest BCUT2D eigenvalue weighted by atomic mass is 35.5. The SMILES string of the molecule is OCCCOc1ccc(OCC=C(Cl)Cl)c(Cl)c1. The maximum absolute atomic E-state index is 8.63. The molecule has 0 unspecified atom stereocenters. The normalized spacial score (nSPS) is 10.0. The summed E-state index contributed by atoms with van der Waals surface area (Å²) in [6, 6.07) is 5.09. The molecule has 3 nitrogen and oxygen atoms in total. The van der Waals surface area contributed by atoms with E-state index in [-0.39, 0.29) is 17.7 Å². The molecule has 0 bridgehead atoms. The quantitative estimate of drug-likeness (QED) is 0.778. The monoisotopic (exact) mass is 310 g/mol. The van der Waals surface area contributed by atoms with Crippen molar-refractivity contribution >= 4 is 34.8 Å². The van der Waals surface area contributed by atoms with Gasteiger partial charge < -0.3 is 14.6 Å². The Hall–Kier alpha value is -0.610. The molecule has 0 aliphatic rings. The van der Waals surface area contributed by atoms with Crippen molar-refractivity contribution in [2.75, 3.05) is 19.8 Å². The van der Waals surface area contributed by atoms with Crippen molar-refractivity contribution in [3.05, 3.63) is 33.8 Å². The van der Waals surface area contributed by atoms with Gasteiger partial charge >= 0.3 is 0 Å². The molecular formula is C12H13Cl3O3. The Morgan fingerprint density at radius 3 is 2.67 bits per heavy atom. The predicted molar refractivity (Wildman–Crippen MR) is 73.9 cm³/mol. The van der Waals surface area contributed by atoms with Crippen molar-refractivity contribution in [3.63, 3.8) is 0 Å². The molecular weight excluding hydrogens is 298 g/mol. The number of rotatable bonds is 7. The molecule has 0 saturated carbocycles. The van der Waals surface area contributed by atoms with Crippen LogP contribution in [-0.2, 0) is 0 Å². The number of hydrogen-bond acceptors (Lipinski definition) is 3. The Morgan fingerprint density at radius 1 is 1.28 bits per heavy atom. The van der Waals surface area contributed by atoms with E-state index < -0.39 is 0 Å². The first kappa shape index (κ1) is 15.4. The summed E-state index contributed by atoms with van der Waals surface area (Å²) in [6.45, 7) is 0.783. The van der Waals surface area contributed by atoms with Gasteiger partial charge in [0.25, 0.3) is 0 Å². The topological polar surface area (TPSA) is 38.7 Å². The Bertz CT molecular complexity index is 404. The van der Waals surface area contributed by atoms with Crippen LogP contribution in [0.5, 0.6) is 11.5 Å². The van der Waals surface area contributed by atoms with E-state index in [9.17, 15) is 0 Å². The highest BCUT2D eigenvalue weighted by Crippen LogP contribution is 2.29. The van der Waals surface area contributed by atoms with Crippen molar-refractivity contribution in [3.8, 4) is 11.5 Å². The molecule has 0 spiro atoms. The highest BCUT2D eigenvalue weighted by Gasteiger charge is 2.03. The smallest absolute Gasteiger partial charge is 0.138 e. The number of ether oxygens (including phenoxy) is 2. The molecule has 1 N–H and O–H groups in total. The van der Waals surface area contributed by atoms with Gasteiger partial charge in [-0.15, -0.1) is 0 Å². The van der Waals surface area contributed by atoms with Gasteiger partial charge in [0.15, 0.2) is 0 Å². The van der Waals surface area contributed by atoms with Gasteiger partial charge in [0, 0.05) is 19.1 Å². The largest absolute Gasteiger partial charge is 0.493 e. The molecule has 0 aliphatic carbocycles. The minimum Gasteiger partial charge on any atom is -0.493 e. The Kier molecular flexibility index (Phi) is 7.28. The summed E-state index contributed by atoms with van der Waals surface area (Å²) in [5.41, 5.74) is 0. The van der Waals surface area contributed by atoms with Gasteiger partial charge in [0.2, 0.25) is 0 Å². The van der Waals surface area contributed by atoms with Crippen LogP contribution >= 0.6 is 34.8 Å². The maximum atomic E-state index is 8.63. The van der Waals surface area contributed by atoms with Crippen molar-refractivity contribution in [2.24, 2.45) is 0 Å². The van der Waals surface area contributed by atoms with Gasteiger partial charge in [0.05, 0.1) is 11.6 Å². The van der Waals surface area contributed by atoms with Crippen LogP contribution in [0.2, 0.25) is 5.02 Å². The fourth-order valence-electron chi connectivity index (χ4n) is 1.14. The van der Waals surface area contributed by atoms with Crippen LogP contribution in [0, 0.1) is 0 Å². The van der Waals surface area contributed by atoms with E-state index in [2.05, 4.69) is 0 Å². The fraction of sp³-hybridized carbons (Fsp3) is 0.333. The average Bonchev–Trinajstić information content (AvgIpc) is 2.32. The number of hydrogen-bond donors (Lipinski definition) is 1. The summed E-state index contributed by atoms with van der Waals surface area (Å²) in [5, 5.41) is 9.07. The van der Waals surface area contributed by atoms with Crippen LogP contribution in [0.4, 0.5) is 0 Å². The lowest BCUT2D eigenvalue weighted by molar-refractivity contribution is 0.233. The van der Waals surface area contributed by atoms with E-state index in [4.69, 9.17) is 49.4 Å². The third kappa shape index (κ3) is 5.83. The molecule has 1 aromatic rings. The molecule has 0 aliphatic heterocycles. The Balaban J connectivity index is 2.53. The zero-order chi connectivity index (χ0) is 13.4. The van der Waals surface area contributed by atoms with Crippen LogP contribution in [-0.4, -0.2) is 24.9 Å². The summed E-state index contributed by atoms with van der Waals surface area (Å²) in [7, 11) is 0. The standard InChI is InChI=1S/C12H13Cl3O3/c13-10-8-9(17-6-1-5-16)2-3-11(10)18-7-4-12(14)15/h2-4,8,16H,1,5-7H2. The molecule has 0 atom stereocenters. The summed E-state index contributed by atoms with van der Waals surface area (Å²) < 4.78 is 10.9. The number of aliphatic hydroxyl groups is 1. The third-order valence-electron chi connectivity index (χ3n) is 1.95. The van der Waals surface area contributed by atoms with Gasteiger partial charge in [-0.1, -0.05) is 34.8 Å². The lowest BCUT2D eigenvalue weighted by Gasteiger charge is -2.09. The molecule has 18 heavy (non-hydrogen) atoms. The van der Waals surface area contributed by atoms with Gasteiger partial charge in [-0.3, -0.25) is 0 Å². The first-order valence-electron chi connectivity index (χ1n) is 5.30. The molecule has 0 heterocycles. The summed E-state index contributed by atoms with van der Waals surface area (Å²) in [6.07, 6.45) is 2.10. The van der Waals surface area contributed by atoms with E-state index in [0.29, 0.717) is 29.5 Å². The van der Waals surface area contributed by atoms with Gasteiger partial charge in [-0.05, 0) is 18.2 Å². The molecule has 0 aromatic heterocycles. The molecule has 0 amide bonds. The first-order valence-corrected chi connectivity index (χ1v) is 6.44. The molecule has 0 saturated heterocycles. The second-order valence-corrected chi connectivity index (χ2v) is 4.74. The Morgan fingerprint density at radius 2 is 2.06 bits per heavy atom. The lowest BCUT2D eigenvalue weighted by atomic mass is 10.3. The van der Waals surface area contributed by atoms with Crippen molar-refractivity contribution in [1.82, 2.24) is 0 Å². The van der Waals surface area contributed by atoms with Crippen LogP contribution < -0.4 is 9.47 Å². The van der Waals surface area contributed by atoms with E-state index in [1.54, 1.807) is 18.2 Å². The van der Waals surface area contributed by atoms with Gasteiger partial charge in [0.1, 0.15) is 22.6 Å². The predicted octanol–water partition coefficient (Wildman–Crippen LogP) is 3.80. The zero-order valence-corrected chi connectivity index (χ0v) is 11.8. The molecule has 0 radical (unpaired) electrons. The molecule has 1 aromatic carbocycles. The summed E-state index contributed by atoms with van der Waals surface area (Å²) >= 11 is 16.9. The maximum Gasteiger partial charge on any atom is 0.138 e. The third-order valence-corrected chi connectivity index (χ3v) is 2.55. The van der Waals surface area contributed by atoms with E-state index in [0.717, 1.165) is 0 Å². The minimum absolute atomic E-state index is 0.0977. The van der Waals surface area contributed by atoms with Crippen LogP contribution in [0.1, 0.15) is 6.42 Å². The number of aliphatic hydroxyl groups excluding tert-OH is 1. The summed E-state index contributed by atoms with van der Waals surface area (Å²) in [5.74, 6) is 1.16. The van der Waals surface area contributed by atoms with Crippen LogP contribution in [0.3, 0.4) is 0 Å². The number of benzene rings is 1. The van der Waals surface area contributed by atoms with Gasteiger partial charge in [-0.2, -0.15) is 0 Å². The average molecular weight is 312 g/mol. The van der Waals surface area contributed by atoms with E-state index >= 15 is 0 Å². The summed E-state index contributed by atoms with van der Waals surface area (Å²) in [4.78, 5) is 0. The van der Waals surface area contributed by atoms with Crippen LogP contribution in [0.25, 0.3) is 0 Å². The Labute approximate surface area is 121 Å². The van der Waals surface area contributed by atoms with Crippen molar-refractivity contribution in [2.45, 2.75) is 6.42 Å². The fourth-order valence-corrected chi connectivity index (χ4v) is 1.49. The van der Waals surface area contributed by atoms with Gasteiger partial charge in [-0.25, -0.2) is 0 Å². The second-order valence-electron chi connectivity index (χ2n) is 3.32. The minimum atomic E-state index is 0.0977. The molecule has 1 rings (SSSR count).